The third-order valence-electron chi connectivity index (χ3n) is 7.43. The molecule has 3 N–H and O–H groups in total. The summed E-state index contributed by atoms with van der Waals surface area (Å²) >= 11 is 0. The van der Waals surface area contributed by atoms with Gasteiger partial charge in [-0.2, -0.15) is 5.26 Å². The Kier molecular flexibility index (Phi) is 7.88. The number of fused-ring (bicyclic) bond motifs is 2. The summed E-state index contributed by atoms with van der Waals surface area (Å²) in [6.45, 7) is 9.63. The molecule has 13 nitrogen and oxygen atoms in total. The Labute approximate surface area is 253 Å². The number of nitrogens with one attached hydrogen (secondary N) is 2. The van der Waals surface area contributed by atoms with Gasteiger partial charge >= 0.3 is 6.09 Å². The molecule has 2 fully saturated rings. The first-order chi connectivity index (χ1) is 20.6. The van der Waals surface area contributed by atoms with Crippen molar-refractivity contribution in [2.24, 2.45) is 0 Å². The molecule has 0 bridgehead atoms. The number of carbonyl (C=O) groups excluding carboxylic acids is 2. The minimum absolute atomic E-state index is 0.00864. The molecule has 44 heavy (non-hydrogen) atoms. The summed E-state index contributed by atoms with van der Waals surface area (Å²) in [6, 6.07) is 11.0. The minimum Gasteiger partial charge on any atom is -0.444 e. The molecule has 1 aromatic carbocycles. The maximum Gasteiger partial charge on any atom is 0.408 e. The summed E-state index contributed by atoms with van der Waals surface area (Å²) in [7, 11) is 0. The molecule has 0 unspecified atom stereocenters. The largest absolute Gasteiger partial charge is 0.444 e. The van der Waals surface area contributed by atoms with E-state index in [4.69, 9.17) is 18.9 Å². The Hall–Kier alpha value is -4.16. The summed E-state index contributed by atoms with van der Waals surface area (Å²) in [5, 5.41) is 34.0. The van der Waals surface area contributed by atoms with E-state index in [0.29, 0.717) is 16.8 Å². The first-order valence-corrected chi connectivity index (χ1v) is 14.1. The van der Waals surface area contributed by atoms with Crippen LogP contribution in [0.3, 0.4) is 0 Å². The molecule has 3 aromatic rings. The third kappa shape index (κ3) is 5.83. The standard InChI is InChI=1S/C30H35FN6O7/c1-27(2,3)44-26(40)35-29(6,13-17-7-9-18(31)10-8-17)25(39)34-24-19-11-12-21(37(19)16-33-36-24)30(15-32)23-22(20(14-38)41-30)42-28(4,5)43-23/h7-12,16,20,22-23,38H,13-14H2,1-6H3,(H,35,40)(H,34,36,39)/t20-,22-,23-,29-,30+/m1/s1. The van der Waals surface area contributed by atoms with Crippen LogP contribution in [-0.2, 0) is 35.8 Å². The zero-order valence-corrected chi connectivity index (χ0v) is 25.3. The molecule has 0 radical (unpaired) electrons. The number of nitrogens with zero attached hydrogens (tertiary/aromatic N) is 4. The van der Waals surface area contributed by atoms with Crippen molar-refractivity contribution >= 4 is 23.3 Å². The van der Waals surface area contributed by atoms with Crippen LogP contribution in [0.15, 0.2) is 42.7 Å². The summed E-state index contributed by atoms with van der Waals surface area (Å²) in [5.41, 5.74) is -2.81. The Morgan fingerprint density at radius 1 is 1.14 bits per heavy atom. The van der Waals surface area contributed by atoms with Crippen LogP contribution in [0.4, 0.5) is 15.0 Å². The molecular formula is C30H35FN6O7. The molecule has 0 aliphatic carbocycles. The Balaban J connectivity index is 1.49. The zero-order chi connectivity index (χ0) is 32.1. The highest BCUT2D eigenvalue weighted by Crippen LogP contribution is 2.49. The zero-order valence-electron chi connectivity index (χ0n) is 25.3. The van der Waals surface area contributed by atoms with Gasteiger partial charge in [0.25, 0.3) is 5.91 Å². The maximum absolute atomic E-state index is 13.9. The SMILES string of the molecule is CC(C)(C)OC(=O)N[C@](C)(Cc1ccc(F)cc1)C(=O)Nc1nncn2c([C@]3(C#N)O[C@H](CO)[C@H]4OC(C)(C)O[C@H]43)ccc12. The van der Waals surface area contributed by atoms with E-state index in [1.165, 1.54) is 41.9 Å². The number of nitriles is 1. The van der Waals surface area contributed by atoms with Gasteiger partial charge in [0.15, 0.2) is 11.6 Å². The molecule has 2 saturated heterocycles. The lowest BCUT2D eigenvalue weighted by Crippen LogP contribution is -2.57. The highest BCUT2D eigenvalue weighted by atomic mass is 19.1. The number of rotatable bonds is 7. The second-order valence-corrected chi connectivity index (χ2v) is 12.6. The average molecular weight is 611 g/mol. The molecule has 4 heterocycles. The van der Waals surface area contributed by atoms with E-state index < -0.39 is 65.3 Å². The first kappa shape index (κ1) is 31.3. The predicted octanol–water partition coefficient (Wildman–Crippen LogP) is 2.96. The maximum atomic E-state index is 13.9. The van der Waals surface area contributed by atoms with Crippen molar-refractivity contribution < 1.29 is 38.0 Å². The monoisotopic (exact) mass is 610 g/mol. The highest BCUT2D eigenvalue weighted by Gasteiger charge is 2.65. The number of hydrogen-bond acceptors (Lipinski definition) is 10. The number of alkyl carbamates (subject to hydrolysis) is 1. The fourth-order valence-corrected chi connectivity index (χ4v) is 5.55. The number of anilines is 1. The molecule has 5 atom stereocenters. The lowest BCUT2D eigenvalue weighted by atomic mass is 9.91. The summed E-state index contributed by atoms with van der Waals surface area (Å²) < 4.78 is 38.7. The van der Waals surface area contributed by atoms with E-state index in [2.05, 4.69) is 26.9 Å². The van der Waals surface area contributed by atoms with Crippen molar-refractivity contribution in [3.8, 4) is 6.07 Å². The number of ether oxygens (including phenoxy) is 4. The van der Waals surface area contributed by atoms with Crippen LogP contribution in [0.5, 0.6) is 0 Å². The molecule has 234 valence electrons. The van der Waals surface area contributed by atoms with Gasteiger partial charge in [0.1, 0.15) is 47.7 Å². The van der Waals surface area contributed by atoms with Gasteiger partial charge in [-0.3, -0.25) is 9.20 Å². The number of halogens is 1. The van der Waals surface area contributed by atoms with Crippen LogP contribution in [0.2, 0.25) is 0 Å². The number of aliphatic hydroxyl groups excluding tert-OH is 1. The van der Waals surface area contributed by atoms with E-state index in [0.717, 1.165) is 0 Å². The smallest absolute Gasteiger partial charge is 0.408 e. The van der Waals surface area contributed by atoms with Crippen LogP contribution in [-0.4, -0.2) is 73.6 Å². The van der Waals surface area contributed by atoms with Crippen molar-refractivity contribution in [3.63, 3.8) is 0 Å². The van der Waals surface area contributed by atoms with Crippen molar-refractivity contribution in [1.29, 1.82) is 5.26 Å². The van der Waals surface area contributed by atoms with Gasteiger partial charge in [-0.15, -0.1) is 10.2 Å². The normalized spacial score (nSPS) is 25.6. The van der Waals surface area contributed by atoms with E-state index in [1.807, 2.05) is 0 Å². The molecule has 0 spiro atoms. The number of benzene rings is 1. The Morgan fingerprint density at radius 2 is 1.84 bits per heavy atom. The fourth-order valence-electron chi connectivity index (χ4n) is 5.55. The quantitative estimate of drug-likeness (QED) is 0.362. The Morgan fingerprint density at radius 3 is 2.48 bits per heavy atom. The molecule has 14 heteroatoms. The van der Waals surface area contributed by atoms with Gasteiger partial charge in [0.2, 0.25) is 5.60 Å². The molecule has 2 aromatic heterocycles. The topological polar surface area (TPSA) is 169 Å². The summed E-state index contributed by atoms with van der Waals surface area (Å²) in [4.78, 5) is 26.7. The first-order valence-electron chi connectivity index (χ1n) is 14.1. The van der Waals surface area contributed by atoms with Gasteiger partial charge < -0.3 is 34.7 Å². The van der Waals surface area contributed by atoms with E-state index in [-0.39, 0.29) is 12.2 Å². The van der Waals surface area contributed by atoms with Gasteiger partial charge in [-0.05, 0) is 71.4 Å². The number of aliphatic hydroxyl groups is 1. The van der Waals surface area contributed by atoms with Crippen LogP contribution < -0.4 is 10.6 Å². The van der Waals surface area contributed by atoms with Crippen LogP contribution in [0.1, 0.15) is 52.8 Å². The molecular weight excluding hydrogens is 575 g/mol. The van der Waals surface area contributed by atoms with E-state index >= 15 is 0 Å². The van der Waals surface area contributed by atoms with Gasteiger partial charge in [0.05, 0.1) is 17.8 Å². The number of carbonyl (C=O) groups is 2. The molecule has 2 aliphatic rings. The van der Waals surface area contributed by atoms with Crippen molar-refractivity contribution in [3.05, 3.63) is 59.8 Å². The summed E-state index contributed by atoms with van der Waals surface area (Å²) in [5.74, 6) is -2.08. The van der Waals surface area contributed by atoms with Gasteiger partial charge in [-0.1, -0.05) is 12.1 Å². The minimum atomic E-state index is -1.68. The van der Waals surface area contributed by atoms with E-state index in [9.17, 15) is 24.3 Å². The van der Waals surface area contributed by atoms with Crippen molar-refractivity contribution in [1.82, 2.24) is 19.9 Å². The highest BCUT2D eigenvalue weighted by molar-refractivity contribution is 6.01. The number of aromatic nitrogens is 3. The predicted molar refractivity (Wildman–Crippen MR) is 153 cm³/mol. The number of hydrogen-bond donors (Lipinski definition) is 3. The molecule has 2 amide bonds. The molecule has 0 saturated carbocycles. The number of amides is 2. The van der Waals surface area contributed by atoms with Crippen molar-refractivity contribution in [2.75, 3.05) is 11.9 Å². The lowest BCUT2D eigenvalue weighted by molar-refractivity contribution is -0.204. The van der Waals surface area contributed by atoms with Crippen LogP contribution in [0.25, 0.3) is 5.52 Å². The van der Waals surface area contributed by atoms with Crippen LogP contribution >= 0.6 is 0 Å². The lowest BCUT2D eigenvalue weighted by Gasteiger charge is -2.31. The summed E-state index contributed by atoms with van der Waals surface area (Å²) in [6.07, 6.45) is -1.88. The Bertz CT molecular complexity index is 1610. The average Bonchev–Trinajstić information content (AvgIpc) is 3.59. The molecule has 5 rings (SSSR count). The van der Waals surface area contributed by atoms with Gasteiger partial charge in [-0.25, -0.2) is 9.18 Å². The van der Waals surface area contributed by atoms with Crippen LogP contribution in [0, 0.1) is 17.1 Å². The fraction of sp³-hybridized carbons (Fsp3) is 0.500. The molecule has 2 aliphatic heterocycles. The van der Waals surface area contributed by atoms with Gasteiger partial charge in [0, 0.05) is 6.42 Å². The van der Waals surface area contributed by atoms with Crippen molar-refractivity contribution in [2.45, 2.75) is 88.8 Å². The second kappa shape index (κ2) is 11.1. The second-order valence-electron chi connectivity index (χ2n) is 12.6. The third-order valence-corrected chi connectivity index (χ3v) is 7.43. The van der Waals surface area contributed by atoms with E-state index in [1.54, 1.807) is 46.8 Å².